The van der Waals surface area contributed by atoms with Gasteiger partial charge in [0.1, 0.15) is 5.82 Å². The highest BCUT2D eigenvalue weighted by molar-refractivity contribution is 7.98. The fourth-order valence-electron chi connectivity index (χ4n) is 3.53. The number of thioether (sulfide) groups is 1. The number of fused-ring (bicyclic) bond motifs is 1. The molecule has 1 aliphatic heterocycles. The van der Waals surface area contributed by atoms with Crippen LogP contribution in [0.1, 0.15) is 32.7 Å². The maximum Gasteiger partial charge on any atom is 0.341 e. The SMILES string of the molecule is Cc1ccc(-n2nc3c(c2NC(=O)c2ccccc2S(=O)(=O)C(F)F)CSC3)c(C)c1. The standard InChI is InChI=1S/C21H19F2N3O3S2/c1-12-7-8-17(13(2)9-12)26-19(15-10-30-11-16(15)25-26)24-20(27)14-5-3-4-6-18(14)31(28,29)21(22)23/h3-9,21H,10-11H2,1-2H3,(H,24,27). The number of aromatic nitrogens is 2. The lowest BCUT2D eigenvalue weighted by Gasteiger charge is -2.15. The summed E-state index contributed by atoms with van der Waals surface area (Å²) in [4.78, 5) is 12.4. The van der Waals surface area contributed by atoms with E-state index in [1.807, 2.05) is 32.0 Å². The van der Waals surface area contributed by atoms with Gasteiger partial charge in [-0.1, -0.05) is 29.8 Å². The molecule has 0 unspecified atom stereocenters. The molecule has 1 aliphatic rings. The molecule has 0 saturated heterocycles. The molecule has 6 nitrogen and oxygen atoms in total. The maximum absolute atomic E-state index is 13.1. The van der Waals surface area contributed by atoms with E-state index in [0.717, 1.165) is 34.1 Å². The number of amides is 1. The molecule has 0 fully saturated rings. The average Bonchev–Trinajstić information content (AvgIpc) is 3.30. The number of rotatable bonds is 5. The van der Waals surface area contributed by atoms with Gasteiger partial charge in [-0.2, -0.15) is 25.6 Å². The third kappa shape index (κ3) is 3.85. The summed E-state index contributed by atoms with van der Waals surface area (Å²) in [7, 11) is -4.94. The molecule has 31 heavy (non-hydrogen) atoms. The summed E-state index contributed by atoms with van der Waals surface area (Å²) in [6.07, 6.45) is 0. The number of hydrogen-bond acceptors (Lipinski definition) is 5. The van der Waals surface area contributed by atoms with Crippen LogP contribution in [0.2, 0.25) is 0 Å². The van der Waals surface area contributed by atoms with Crippen molar-refractivity contribution >= 4 is 33.3 Å². The van der Waals surface area contributed by atoms with E-state index in [1.165, 1.54) is 18.2 Å². The summed E-state index contributed by atoms with van der Waals surface area (Å²) in [5.74, 6) is -2.67. The molecule has 0 aliphatic carbocycles. The zero-order chi connectivity index (χ0) is 22.3. The second kappa shape index (κ2) is 8.08. The predicted octanol–water partition coefficient (Wildman–Crippen LogP) is 4.48. The molecular formula is C21H19F2N3O3S2. The zero-order valence-electron chi connectivity index (χ0n) is 16.7. The van der Waals surface area contributed by atoms with Gasteiger partial charge in [0.25, 0.3) is 5.91 Å². The van der Waals surface area contributed by atoms with Crippen LogP contribution in [0.5, 0.6) is 0 Å². The predicted molar refractivity (Wildman–Crippen MR) is 116 cm³/mol. The molecule has 2 heterocycles. The van der Waals surface area contributed by atoms with Crippen LogP contribution in [-0.4, -0.2) is 29.9 Å². The topological polar surface area (TPSA) is 81.1 Å². The van der Waals surface area contributed by atoms with Crippen LogP contribution in [0.4, 0.5) is 14.6 Å². The van der Waals surface area contributed by atoms with Gasteiger partial charge in [0.15, 0.2) is 0 Å². The van der Waals surface area contributed by atoms with Crippen molar-refractivity contribution in [1.82, 2.24) is 9.78 Å². The summed E-state index contributed by atoms with van der Waals surface area (Å²) in [6, 6.07) is 10.8. The van der Waals surface area contributed by atoms with E-state index in [4.69, 9.17) is 0 Å². The summed E-state index contributed by atoms with van der Waals surface area (Å²) in [6.45, 7) is 3.90. The summed E-state index contributed by atoms with van der Waals surface area (Å²) < 4.78 is 52.0. The van der Waals surface area contributed by atoms with Gasteiger partial charge in [-0.15, -0.1) is 0 Å². The number of hydrogen-bond donors (Lipinski definition) is 1. The average molecular weight is 464 g/mol. The Labute approximate surface area is 182 Å². The van der Waals surface area contributed by atoms with E-state index in [9.17, 15) is 22.0 Å². The summed E-state index contributed by atoms with van der Waals surface area (Å²) >= 11 is 1.65. The van der Waals surface area contributed by atoms with Gasteiger partial charge in [0, 0.05) is 17.1 Å². The molecule has 1 amide bonds. The van der Waals surface area contributed by atoms with Crippen LogP contribution >= 0.6 is 11.8 Å². The van der Waals surface area contributed by atoms with Crippen LogP contribution in [0.15, 0.2) is 47.4 Å². The Morgan fingerprint density at radius 1 is 1.16 bits per heavy atom. The van der Waals surface area contributed by atoms with E-state index in [-0.39, 0.29) is 5.56 Å². The van der Waals surface area contributed by atoms with Gasteiger partial charge in [-0.05, 0) is 37.6 Å². The second-order valence-corrected chi connectivity index (χ2v) is 10.1. The van der Waals surface area contributed by atoms with Crippen LogP contribution in [-0.2, 0) is 21.3 Å². The van der Waals surface area contributed by atoms with Crippen LogP contribution in [0, 0.1) is 13.8 Å². The largest absolute Gasteiger partial charge is 0.341 e. The van der Waals surface area contributed by atoms with Crippen LogP contribution < -0.4 is 5.32 Å². The highest BCUT2D eigenvalue weighted by Crippen LogP contribution is 2.37. The molecule has 0 radical (unpaired) electrons. The van der Waals surface area contributed by atoms with Gasteiger partial charge in [-0.25, -0.2) is 13.1 Å². The van der Waals surface area contributed by atoms with Crippen molar-refractivity contribution < 1.29 is 22.0 Å². The lowest BCUT2D eigenvalue weighted by molar-refractivity contribution is 0.102. The fraction of sp³-hybridized carbons (Fsp3) is 0.238. The van der Waals surface area contributed by atoms with Crippen LogP contribution in [0.3, 0.4) is 0 Å². The minimum Gasteiger partial charge on any atom is -0.306 e. The molecule has 0 spiro atoms. The number of anilines is 1. The molecule has 0 saturated carbocycles. The Bertz CT molecular complexity index is 1290. The number of benzene rings is 2. The minimum atomic E-state index is -4.94. The molecular weight excluding hydrogens is 444 g/mol. The second-order valence-electron chi connectivity index (χ2n) is 7.22. The molecule has 1 aromatic heterocycles. The monoisotopic (exact) mass is 463 g/mol. The first-order chi connectivity index (χ1) is 14.7. The highest BCUT2D eigenvalue weighted by atomic mass is 32.2. The normalized spacial score (nSPS) is 13.5. The smallest absolute Gasteiger partial charge is 0.306 e. The molecule has 0 bridgehead atoms. The van der Waals surface area contributed by atoms with Crippen molar-refractivity contribution in [2.24, 2.45) is 0 Å². The van der Waals surface area contributed by atoms with Gasteiger partial charge in [0.2, 0.25) is 9.84 Å². The van der Waals surface area contributed by atoms with E-state index in [0.29, 0.717) is 17.3 Å². The molecule has 3 aromatic rings. The van der Waals surface area contributed by atoms with Crippen molar-refractivity contribution in [2.45, 2.75) is 36.0 Å². The minimum absolute atomic E-state index is 0.337. The number of nitrogens with zero attached hydrogens (tertiary/aromatic N) is 2. The first-order valence-corrected chi connectivity index (χ1v) is 12.1. The molecule has 2 aromatic carbocycles. The molecule has 4 rings (SSSR count). The van der Waals surface area contributed by atoms with Crippen molar-refractivity contribution in [3.63, 3.8) is 0 Å². The van der Waals surface area contributed by atoms with E-state index >= 15 is 0 Å². The Morgan fingerprint density at radius 2 is 1.90 bits per heavy atom. The number of carbonyl (C=O) groups excluding carboxylic acids is 1. The highest BCUT2D eigenvalue weighted by Gasteiger charge is 2.32. The van der Waals surface area contributed by atoms with Crippen molar-refractivity contribution in [2.75, 3.05) is 5.32 Å². The Morgan fingerprint density at radius 3 is 2.61 bits per heavy atom. The maximum atomic E-state index is 13.1. The lowest BCUT2D eigenvalue weighted by atomic mass is 10.1. The number of nitrogens with one attached hydrogen (secondary N) is 1. The number of sulfone groups is 1. The number of alkyl halides is 2. The van der Waals surface area contributed by atoms with Crippen molar-refractivity contribution in [3.8, 4) is 5.69 Å². The van der Waals surface area contributed by atoms with Gasteiger partial charge in [-0.3, -0.25) is 4.79 Å². The number of aryl methyl sites for hydroxylation is 2. The molecule has 10 heteroatoms. The third-order valence-corrected chi connectivity index (χ3v) is 7.45. The van der Waals surface area contributed by atoms with Gasteiger partial charge in [0.05, 0.1) is 21.8 Å². The summed E-state index contributed by atoms with van der Waals surface area (Å²) in [5.41, 5.74) is 4.13. The molecule has 1 N–H and O–H groups in total. The molecule has 0 atom stereocenters. The summed E-state index contributed by atoms with van der Waals surface area (Å²) in [5, 5.41) is 7.38. The first kappa shape index (κ1) is 21.5. The number of carbonyl (C=O) groups is 1. The van der Waals surface area contributed by atoms with Crippen molar-refractivity contribution in [3.05, 3.63) is 70.4 Å². The van der Waals surface area contributed by atoms with E-state index in [1.54, 1.807) is 16.4 Å². The van der Waals surface area contributed by atoms with E-state index < -0.39 is 26.4 Å². The first-order valence-electron chi connectivity index (χ1n) is 9.38. The van der Waals surface area contributed by atoms with Crippen molar-refractivity contribution in [1.29, 1.82) is 0 Å². The van der Waals surface area contributed by atoms with Gasteiger partial charge >= 0.3 is 5.76 Å². The third-order valence-electron chi connectivity index (χ3n) is 5.04. The molecule has 162 valence electrons. The van der Waals surface area contributed by atoms with E-state index in [2.05, 4.69) is 10.4 Å². The van der Waals surface area contributed by atoms with Crippen LogP contribution in [0.25, 0.3) is 5.69 Å². The number of halogens is 2. The fourth-order valence-corrected chi connectivity index (χ4v) is 5.49. The zero-order valence-corrected chi connectivity index (χ0v) is 18.4. The Hall–Kier alpha value is -2.72. The Kier molecular flexibility index (Phi) is 5.61. The lowest BCUT2D eigenvalue weighted by Crippen LogP contribution is -2.21. The van der Waals surface area contributed by atoms with Gasteiger partial charge < -0.3 is 5.32 Å². The quantitative estimate of drug-likeness (QED) is 0.603. The Balaban J connectivity index is 1.79.